The Hall–Kier alpha value is -5.70. The number of aromatic nitrogens is 4. The van der Waals surface area contributed by atoms with E-state index in [-0.39, 0.29) is 47.8 Å². The molecule has 6 atom stereocenters. The first kappa shape index (κ1) is 40.1. The summed E-state index contributed by atoms with van der Waals surface area (Å²) >= 11 is 0. The number of nitrogens with one attached hydrogen (secondary N) is 5. The Bertz CT molecular complexity index is 2210. The van der Waals surface area contributed by atoms with Crippen LogP contribution in [0.2, 0.25) is 0 Å². The molecule has 2 bridgehead atoms. The highest BCUT2D eigenvalue weighted by Gasteiger charge is 2.42. The highest BCUT2D eigenvalue weighted by molar-refractivity contribution is 5.87. The number of fused-ring (bicyclic) bond motifs is 5. The number of carbonyl (C=O) groups is 4. The summed E-state index contributed by atoms with van der Waals surface area (Å²) < 4.78 is 9.58. The summed E-state index contributed by atoms with van der Waals surface area (Å²) in [6.45, 7) is 8.84. The number of alkyl carbamates (subject to hydrolysis) is 2. The monoisotopic (exact) mass is 805 g/mol. The summed E-state index contributed by atoms with van der Waals surface area (Å²) in [6, 6.07) is 11.6. The van der Waals surface area contributed by atoms with E-state index in [9.17, 15) is 19.2 Å². The number of amides is 4. The van der Waals surface area contributed by atoms with Gasteiger partial charge in [0, 0.05) is 30.7 Å². The van der Waals surface area contributed by atoms with Crippen LogP contribution in [0, 0.1) is 11.8 Å². The number of hydrogen-bond donors (Lipinski definition) is 5. The number of H-pyrrole nitrogens is 2. The summed E-state index contributed by atoms with van der Waals surface area (Å²) in [5, 5.41) is 9.28. The molecule has 0 saturated carbocycles. The van der Waals surface area contributed by atoms with Gasteiger partial charge in [0.1, 0.15) is 23.7 Å². The van der Waals surface area contributed by atoms with E-state index >= 15 is 0 Å². The van der Waals surface area contributed by atoms with E-state index in [2.05, 4.69) is 62.3 Å². The minimum absolute atomic E-state index is 0.107. The zero-order chi connectivity index (χ0) is 41.5. The molecule has 6 heterocycles. The van der Waals surface area contributed by atoms with Gasteiger partial charge in [0.15, 0.2) is 0 Å². The van der Waals surface area contributed by atoms with Crippen molar-refractivity contribution in [3.63, 3.8) is 0 Å². The average Bonchev–Trinajstić information content (AvgIpc) is 4.10. The molecule has 0 radical (unpaired) electrons. The fourth-order valence-electron chi connectivity index (χ4n) is 9.58. The summed E-state index contributed by atoms with van der Waals surface area (Å²) in [7, 11) is 2.60. The van der Waals surface area contributed by atoms with Gasteiger partial charge in [-0.2, -0.15) is 0 Å². The molecule has 2 unspecified atom stereocenters. The maximum atomic E-state index is 13.8. The van der Waals surface area contributed by atoms with Crippen molar-refractivity contribution in [3.05, 3.63) is 71.6 Å². The summed E-state index contributed by atoms with van der Waals surface area (Å²) in [4.78, 5) is 71.8. The van der Waals surface area contributed by atoms with Gasteiger partial charge in [-0.25, -0.2) is 19.6 Å². The number of carbonyl (C=O) groups excluding carboxylic acids is 4. The zero-order valence-electron chi connectivity index (χ0n) is 34.6. The number of aromatic amines is 2. The quantitative estimate of drug-likeness (QED) is 0.110. The predicted octanol–water partition coefficient (Wildman–Crippen LogP) is 6.70. The molecular weight excluding hydrogens is 751 g/mol. The Morgan fingerprint density at radius 2 is 1.10 bits per heavy atom. The Balaban J connectivity index is 1.01. The molecule has 8 rings (SSSR count). The van der Waals surface area contributed by atoms with Crippen LogP contribution in [0.25, 0.3) is 33.6 Å². The molecule has 2 aromatic carbocycles. The molecule has 4 aliphatic rings. The molecule has 5 N–H and O–H groups in total. The maximum absolute atomic E-state index is 13.8. The van der Waals surface area contributed by atoms with Gasteiger partial charge in [-0.1, -0.05) is 64.1 Å². The molecule has 59 heavy (non-hydrogen) atoms. The lowest BCUT2D eigenvalue weighted by Gasteiger charge is -2.30. The highest BCUT2D eigenvalue weighted by Crippen LogP contribution is 2.52. The summed E-state index contributed by atoms with van der Waals surface area (Å²) in [5.74, 6) is 1.00. The third-order valence-corrected chi connectivity index (χ3v) is 12.6. The van der Waals surface area contributed by atoms with E-state index in [0.717, 1.165) is 78.3 Å². The second-order valence-corrected chi connectivity index (χ2v) is 16.9. The van der Waals surface area contributed by atoms with E-state index in [1.807, 2.05) is 49.9 Å². The molecule has 4 aliphatic heterocycles. The fourth-order valence-corrected chi connectivity index (χ4v) is 9.58. The highest BCUT2D eigenvalue weighted by atomic mass is 16.5. The Morgan fingerprint density at radius 1 is 0.644 bits per heavy atom. The van der Waals surface area contributed by atoms with Crippen molar-refractivity contribution in [3.8, 4) is 33.6 Å². The van der Waals surface area contributed by atoms with E-state index in [4.69, 9.17) is 19.4 Å². The van der Waals surface area contributed by atoms with E-state index in [1.165, 1.54) is 30.9 Å². The Morgan fingerprint density at radius 3 is 1.61 bits per heavy atom. The van der Waals surface area contributed by atoms with Gasteiger partial charge in [-0.05, 0) is 78.2 Å². The molecule has 0 aliphatic carbocycles. The van der Waals surface area contributed by atoms with E-state index in [1.54, 1.807) is 0 Å². The van der Waals surface area contributed by atoms with Crippen LogP contribution in [0.1, 0.15) is 113 Å². The SMILES string of the molecule is COC(=O)N[C@H](C(=O)N1CCC[C@H]1c1ncc(-c2ccc(-c3ccc(-c4cnc([C@@H]5CCCN5C(=O)[C@@H](NC(=O)OC)C(C)C)[nH]4)c4c3C3CCC4N3)cc2)[nH]1)C(C)C. The Labute approximate surface area is 344 Å². The van der Waals surface area contributed by atoms with E-state index in [0.29, 0.717) is 13.1 Å². The number of rotatable bonds is 11. The van der Waals surface area contributed by atoms with Crippen LogP contribution < -0.4 is 16.0 Å². The third-order valence-electron chi connectivity index (χ3n) is 12.6. The van der Waals surface area contributed by atoms with Crippen LogP contribution in [0.5, 0.6) is 0 Å². The van der Waals surface area contributed by atoms with Crippen molar-refractivity contribution >= 4 is 24.0 Å². The maximum Gasteiger partial charge on any atom is 0.407 e. The van der Waals surface area contributed by atoms with Crippen LogP contribution in [-0.4, -0.2) is 93.1 Å². The van der Waals surface area contributed by atoms with Crippen molar-refractivity contribution in [2.24, 2.45) is 11.8 Å². The molecule has 15 nitrogen and oxygen atoms in total. The van der Waals surface area contributed by atoms with E-state index < -0.39 is 24.3 Å². The largest absolute Gasteiger partial charge is 0.453 e. The third kappa shape index (κ3) is 7.56. The number of methoxy groups -OCH3 is 2. The van der Waals surface area contributed by atoms with Gasteiger partial charge < -0.3 is 45.2 Å². The molecule has 15 heteroatoms. The number of hydrogen-bond acceptors (Lipinski definition) is 9. The number of ether oxygens (including phenoxy) is 2. The molecule has 3 saturated heterocycles. The lowest BCUT2D eigenvalue weighted by atomic mass is 9.82. The van der Waals surface area contributed by atoms with Crippen LogP contribution in [0.15, 0.2) is 48.8 Å². The first-order valence-corrected chi connectivity index (χ1v) is 20.9. The molecule has 312 valence electrons. The minimum atomic E-state index is -0.692. The fraction of sp³-hybridized carbons (Fsp3) is 0.500. The van der Waals surface area contributed by atoms with Crippen molar-refractivity contribution in [1.82, 2.24) is 45.7 Å². The van der Waals surface area contributed by atoms with Crippen molar-refractivity contribution in [1.29, 1.82) is 0 Å². The van der Waals surface area contributed by atoms with Crippen molar-refractivity contribution < 1.29 is 28.7 Å². The number of likely N-dealkylation sites (tertiary alicyclic amines) is 2. The molecule has 4 aromatic rings. The van der Waals surface area contributed by atoms with Gasteiger partial charge in [-0.3, -0.25) is 9.59 Å². The minimum Gasteiger partial charge on any atom is -0.453 e. The molecule has 2 aromatic heterocycles. The number of nitrogens with zero attached hydrogens (tertiary/aromatic N) is 4. The summed E-state index contributed by atoms with van der Waals surface area (Å²) in [5.41, 5.74) is 8.86. The first-order valence-electron chi connectivity index (χ1n) is 20.9. The van der Waals surface area contributed by atoms with Crippen molar-refractivity contribution in [2.45, 2.75) is 102 Å². The van der Waals surface area contributed by atoms with Crippen LogP contribution in [0.4, 0.5) is 9.59 Å². The molecule has 0 spiro atoms. The summed E-state index contributed by atoms with van der Waals surface area (Å²) in [6.07, 6.45) is 7.89. The van der Waals surface area contributed by atoms with Crippen LogP contribution in [-0.2, 0) is 19.1 Å². The van der Waals surface area contributed by atoms with Crippen LogP contribution >= 0.6 is 0 Å². The van der Waals surface area contributed by atoms with Gasteiger partial charge in [0.05, 0.1) is 50.1 Å². The molecule has 4 amide bonds. The zero-order valence-corrected chi connectivity index (χ0v) is 34.6. The number of imidazole rings is 2. The molecular formula is C44H55N9O6. The second-order valence-electron chi connectivity index (χ2n) is 16.9. The Kier molecular flexibility index (Phi) is 11.2. The van der Waals surface area contributed by atoms with Gasteiger partial charge in [0.2, 0.25) is 11.8 Å². The average molecular weight is 806 g/mol. The standard InChI is InChI=1S/C44H55N9O6/c1-23(2)37(50-43(56)58-5)41(54)52-19-7-9-33(52)39-45-21-31(48-39)26-13-11-25(12-14-26)27-15-16-28(36-30-18-17-29(47-30)35(27)36)32-22-46-40(49-32)34-10-8-20-53(34)42(55)38(24(3)4)51-44(57)59-6/h11-16,21-24,29-30,33-34,37-38,47H,7-10,17-20H2,1-6H3,(H,45,48)(H,46,49)(H,50,56)(H,51,57)/t29?,30?,33-,34-,37-,38-/m0/s1. The number of benzene rings is 2. The lowest BCUT2D eigenvalue weighted by Crippen LogP contribution is -2.51. The van der Waals surface area contributed by atoms with Gasteiger partial charge in [-0.15, -0.1) is 0 Å². The predicted molar refractivity (Wildman–Crippen MR) is 221 cm³/mol. The van der Waals surface area contributed by atoms with Gasteiger partial charge in [0.25, 0.3) is 0 Å². The second kappa shape index (κ2) is 16.5. The van der Waals surface area contributed by atoms with Crippen molar-refractivity contribution in [2.75, 3.05) is 27.3 Å². The smallest absolute Gasteiger partial charge is 0.407 e. The van der Waals surface area contributed by atoms with Gasteiger partial charge >= 0.3 is 12.2 Å². The molecule has 3 fully saturated rings. The lowest BCUT2D eigenvalue weighted by molar-refractivity contribution is -0.136. The topological polar surface area (TPSA) is 187 Å². The van der Waals surface area contributed by atoms with Crippen LogP contribution in [0.3, 0.4) is 0 Å². The first-order chi connectivity index (χ1) is 28.5. The normalized spacial score (nSPS) is 21.8.